The normalized spacial score (nSPS) is 10.7. The minimum absolute atomic E-state index is 0.217. The molecular weight excluding hydrogens is 195 g/mol. The van der Waals surface area contributed by atoms with E-state index in [-0.39, 0.29) is 17.0 Å². The van der Waals surface area contributed by atoms with Gasteiger partial charge in [0.2, 0.25) is 0 Å². The Morgan fingerprint density at radius 1 is 1.47 bits per heavy atom. The molecular formula is C9H9BN2O3. The van der Waals surface area contributed by atoms with Crippen molar-refractivity contribution in [2.45, 2.75) is 6.92 Å². The number of hydrogen-bond acceptors (Lipinski definition) is 4. The SMILES string of the molecule is Bc1cn2nc(C)c(C=O)c2c(O)c1O. The maximum Gasteiger partial charge on any atom is 0.184 e. The quantitative estimate of drug-likeness (QED) is 0.467. The van der Waals surface area contributed by atoms with Gasteiger partial charge >= 0.3 is 0 Å². The molecule has 0 aliphatic carbocycles. The second kappa shape index (κ2) is 3.01. The Morgan fingerprint density at radius 2 is 2.13 bits per heavy atom. The van der Waals surface area contributed by atoms with Crippen LogP contribution in [-0.4, -0.2) is 34.0 Å². The largest absolute Gasteiger partial charge is 0.505 e. The Balaban J connectivity index is 3.00. The molecule has 0 amide bonds. The average Bonchev–Trinajstić information content (AvgIpc) is 2.50. The minimum atomic E-state index is -0.308. The summed E-state index contributed by atoms with van der Waals surface area (Å²) in [5, 5.41) is 23.3. The third kappa shape index (κ3) is 1.18. The second-order valence-corrected chi connectivity index (χ2v) is 3.42. The minimum Gasteiger partial charge on any atom is -0.505 e. The van der Waals surface area contributed by atoms with Crippen molar-refractivity contribution in [3.63, 3.8) is 0 Å². The van der Waals surface area contributed by atoms with E-state index < -0.39 is 0 Å². The van der Waals surface area contributed by atoms with E-state index in [0.29, 0.717) is 23.0 Å². The van der Waals surface area contributed by atoms with Crippen LogP contribution < -0.4 is 5.46 Å². The van der Waals surface area contributed by atoms with Crippen molar-refractivity contribution in [2.24, 2.45) is 0 Å². The third-order valence-electron chi connectivity index (χ3n) is 2.39. The van der Waals surface area contributed by atoms with Crippen molar-refractivity contribution in [1.82, 2.24) is 9.61 Å². The Morgan fingerprint density at radius 3 is 2.73 bits per heavy atom. The summed E-state index contributed by atoms with van der Waals surface area (Å²) >= 11 is 0. The highest BCUT2D eigenvalue weighted by Crippen LogP contribution is 2.30. The second-order valence-electron chi connectivity index (χ2n) is 3.42. The van der Waals surface area contributed by atoms with E-state index in [1.807, 2.05) is 0 Å². The summed E-state index contributed by atoms with van der Waals surface area (Å²) in [7, 11) is 1.64. The van der Waals surface area contributed by atoms with Gasteiger partial charge in [-0.25, -0.2) is 4.52 Å². The molecule has 76 valence electrons. The zero-order chi connectivity index (χ0) is 11.2. The fourth-order valence-electron chi connectivity index (χ4n) is 1.57. The maximum atomic E-state index is 10.8. The monoisotopic (exact) mass is 204 g/mol. The molecule has 0 aliphatic rings. The highest BCUT2D eigenvalue weighted by atomic mass is 16.3. The number of carbonyl (C=O) groups excluding carboxylic acids is 1. The van der Waals surface area contributed by atoms with Crippen LogP contribution in [0.2, 0.25) is 0 Å². The number of carbonyl (C=O) groups is 1. The summed E-state index contributed by atoms with van der Waals surface area (Å²) in [5.41, 5.74) is 1.55. The molecule has 0 fully saturated rings. The lowest BCUT2D eigenvalue weighted by Gasteiger charge is -2.04. The van der Waals surface area contributed by atoms with Crippen LogP contribution in [0.1, 0.15) is 16.1 Å². The fourth-order valence-corrected chi connectivity index (χ4v) is 1.57. The molecule has 0 radical (unpaired) electrons. The summed E-state index contributed by atoms with van der Waals surface area (Å²) in [4.78, 5) is 10.8. The Hall–Kier alpha value is -1.98. The first-order valence-electron chi connectivity index (χ1n) is 4.42. The van der Waals surface area contributed by atoms with E-state index in [0.717, 1.165) is 0 Å². The number of pyridine rings is 1. The molecule has 2 aromatic rings. The molecule has 2 rings (SSSR count). The number of rotatable bonds is 1. The van der Waals surface area contributed by atoms with E-state index in [1.54, 1.807) is 21.0 Å². The Labute approximate surface area is 86.4 Å². The molecule has 2 heterocycles. The molecule has 0 atom stereocenters. The highest BCUT2D eigenvalue weighted by molar-refractivity contribution is 6.34. The highest BCUT2D eigenvalue weighted by Gasteiger charge is 2.16. The molecule has 2 aromatic heterocycles. The van der Waals surface area contributed by atoms with Crippen molar-refractivity contribution in [3.8, 4) is 11.5 Å². The summed E-state index contributed by atoms with van der Waals surface area (Å²) in [6.45, 7) is 1.67. The van der Waals surface area contributed by atoms with Crippen LogP contribution in [0.25, 0.3) is 5.52 Å². The van der Waals surface area contributed by atoms with E-state index >= 15 is 0 Å². The first-order chi connectivity index (χ1) is 7.06. The maximum absolute atomic E-state index is 10.8. The molecule has 0 spiro atoms. The van der Waals surface area contributed by atoms with E-state index in [9.17, 15) is 15.0 Å². The summed E-state index contributed by atoms with van der Waals surface area (Å²) in [6, 6.07) is 0. The van der Waals surface area contributed by atoms with Crippen LogP contribution in [0, 0.1) is 6.92 Å². The number of aldehydes is 1. The van der Waals surface area contributed by atoms with Gasteiger partial charge in [-0.05, 0) is 12.4 Å². The molecule has 0 aromatic carbocycles. The number of fused-ring (bicyclic) bond motifs is 1. The lowest BCUT2D eigenvalue weighted by molar-refractivity contribution is 0.112. The van der Waals surface area contributed by atoms with Gasteiger partial charge < -0.3 is 10.2 Å². The first-order valence-corrected chi connectivity index (χ1v) is 4.42. The predicted octanol–water partition coefficient (Wildman–Crippen LogP) is -0.875. The number of hydrogen-bond donors (Lipinski definition) is 2. The van der Waals surface area contributed by atoms with Crippen molar-refractivity contribution >= 4 is 25.1 Å². The molecule has 0 unspecified atom stereocenters. The van der Waals surface area contributed by atoms with E-state index in [2.05, 4.69) is 5.10 Å². The number of aryl methyl sites for hydroxylation is 1. The van der Waals surface area contributed by atoms with Gasteiger partial charge in [0.25, 0.3) is 0 Å². The van der Waals surface area contributed by atoms with Gasteiger partial charge in [-0.3, -0.25) is 4.79 Å². The van der Waals surface area contributed by atoms with Crippen LogP contribution >= 0.6 is 0 Å². The molecule has 6 heteroatoms. The van der Waals surface area contributed by atoms with Crippen LogP contribution in [0.5, 0.6) is 11.5 Å². The number of aromatic nitrogens is 2. The summed E-state index contributed by atoms with van der Waals surface area (Å²) in [5.74, 6) is -0.525. The number of aromatic hydroxyl groups is 2. The van der Waals surface area contributed by atoms with Gasteiger partial charge in [0, 0.05) is 6.20 Å². The number of nitrogens with zero attached hydrogens (tertiary/aromatic N) is 2. The first kappa shape index (κ1) is 9.58. The smallest absolute Gasteiger partial charge is 0.184 e. The average molecular weight is 204 g/mol. The Bertz CT molecular complexity index is 562. The van der Waals surface area contributed by atoms with Gasteiger partial charge in [0.05, 0.1) is 11.3 Å². The lowest BCUT2D eigenvalue weighted by atomic mass is 9.96. The van der Waals surface area contributed by atoms with Gasteiger partial charge in [-0.2, -0.15) is 5.10 Å². The third-order valence-corrected chi connectivity index (χ3v) is 2.39. The van der Waals surface area contributed by atoms with Crippen LogP contribution in [0.3, 0.4) is 0 Å². The van der Waals surface area contributed by atoms with E-state index in [1.165, 1.54) is 4.52 Å². The lowest BCUT2D eigenvalue weighted by Crippen LogP contribution is -2.07. The fraction of sp³-hybridized carbons (Fsp3) is 0.111. The summed E-state index contributed by atoms with van der Waals surface area (Å²) < 4.78 is 1.39. The molecule has 0 saturated heterocycles. The van der Waals surface area contributed by atoms with Crippen molar-refractivity contribution in [1.29, 1.82) is 0 Å². The Kier molecular flexibility index (Phi) is 1.92. The van der Waals surface area contributed by atoms with Crippen LogP contribution in [0.4, 0.5) is 0 Å². The predicted molar refractivity (Wildman–Crippen MR) is 56.8 cm³/mol. The van der Waals surface area contributed by atoms with Gasteiger partial charge in [-0.15, -0.1) is 0 Å². The van der Waals surface area contributed by atoms with Crippen molar-refractivity contribution < 1.29 is 15.0 Å². The molecule has 0 aliphatic heterocycles. The topological polar surface area (TPSA) is 74.8 Å². The van der Waals surface area contributed by atoms with E-state index in [4.69, 9.17) is 0 Å². The van der Waals surface area contributed by atoms with Gasteiger partial charge in [0.1, 0.15) is 13.4 Å². The molecule has 0 saturated carbocycles. The van der Waals surface area contributed by atoms with Gasteiger partial charge in [-0.1, -0.05) is 0 Å². The van der Waals surface area contributed by atoms with Gasteiger partial charge in [0.15, 0.2) is 17.8 Å². The van der Waals surface area contributed by atoms with Crippen molar-refractivity contribution in [3.05, 3.63) is 17.5 Å². The van der Waals surface area contributed by atoms with Crippen molar-refractivity contribution in [2.75, 3.05) is 0 Å². The van der Waals surface area contributed by atoms with Crippen LogP contribution in [0.15, 0.2) is 6.20 Å². The van der Waals surface area contributed by atoms with Crippen LogP contribution in [-0.2, 0) is 0 Å². The summed E-state index contributed by atoms with van der Waals surface area (Å²) in [6.07, 6.45) is 2.18. The zero-order valence-electron chi connectivity index (χ0n) is 8.35. The zero-order valence-corrected chi connectivity index (χ0v) is 8.35. The standard InChI is InChI=1S/C9H9BN2O3/c1-4-5(3-13)7-9(15)8(14)6(10)2-12(7)11-4/h2-3,14-15H,10H2,1H3. The molecule has 2 N–H and O–H groups in total. The molecule has 0 bridgehead atoms. The molecule has 5 nitrogen and oxygen atoms in total. The molecule has 15 heavy (non-hydrogen) atoms.